The highest BCUT2D eigenvalue weighted by molar-refractivity contribution is 7.90. The van der Waals surface area contributed by atoms with Gasteiger partial charge in [-0.25, -0.2) is 0 Å². The van der Waals surface area contributed by atoms with E-state index < -0.39 is 10.2 Å². The molecule has 1 aromatic carbocycles. The normalized spacial score (nSPS) is 11.3. The molecule has 0 aliphatic rings. The SMILES string of the molecule is CN(C)S(=O)(=O)N(C)c1ccc(C(=O)Nc2cccnc2)cc1. The fraction of sp³-hybridized carbons (Fsp3) is 0.200. The number of rotatable bonds is 5. The monoisotopic (exact) mass is 334 g/mol. The average molecular weight is 334 g/mol. The highest BCUT2D eigenvalue weighted by Crippen LogP contribution is 2.18. The topological polar surface area (TPSA) is 82.6 Å². The van der Waals surface area contributed by atoms with E-state index in [9.17, 15) is 13.2 Å². The Kier molecular flexibility index (Phi) is 4.97. The number of anilines is 2. The molecule has 0 saturated heterocycles. The van der Waals surface area contributed by atoms with Crippen LogP contribution in [0.1, 0.15) is 10.4 Å². The fourth-order valence-corrected chi connectivity index (χ4v) is 2.72. The summed E-state index contributed by atoms with van der Waals surface area (Å²) in [6.45, 7) is 0. The van der Waals surface area contributed by atoms with Gasteiger partial charge in [0.25, 0.3) is 5.91 Å². The van der Waals surface area contributed by atoms with Crippen LogP contribution in [0.3, 0.4) is 0 Å². The van der Waals surface area contributed by atoms with E-state index in [0.29, 0.717) is 16.9 Å². The molecular weight excluding hydrogens is 316 g/mol. The molecule has 0 aliphatic carbocycles. The molecular formula is C15H18N4O3S. The number of nitrogens with one attached hydrogen (secondary N) is 1. The van der Waals surface area contributed by atoms with E-state index in [1.54, 1.807) is 48.8 Å². The van der Waals surface area contributed by atoms with Crippen molar-refractivity contribution >= 4 is 27.5 Å². The Morgan fingerprint density at radius 2 is 1.74 bits per heavy atom. The molecule has 1 N–H and O–H groups in total. The first-order valence-corrected chi connectivity index (χ1v) is 8.20. The highest BCUT2D eigenvalue weighted by atomic mass is 32.2. The van der Waals surface area contributed by atoms with Gasteiger partial charge in [0.15, 0.2) is 0 Å². The van der Waals surface area contributed by atoms with Gasteiger partial charge in [0, 0.05) is 32.9 Å². The number of benzene rings is 1. The summed E-state index contributed by atoms with van der Waals surface area (Å²) in [5.41, 5.74) is 1.48. The molecule has 0 saturated carbocycles. The van der Waals surface area contributed by atoms with E-state index in [1.165, 1.54) is 21.1 Å². The van der Waals surface area contributed by atoms with Crippen LogP contribution in [0.5, 0.6) is 0 Å². The summed E-state index contributed by atoms with van der Waals surface area (Å²) < 4.78 is 26.4. The molecule has 2 rings (SSSR count). The molecule has 23 heavy (non-hydrogen) atoms. The Bertz CT molecular complexity index is 774. The second-order valence-electron chi connectivity index (χ2n) is 5.00. The van der Waals surface area contributed by atoms with Crippen molar-refractivity contribution in [2.75, 3.05) is 30.8 Å². The Morgan fingerprint density at radius 1 is 1.09 bits per heavy atom. The van der Waals surface area contributed by atoms with Crippen LogP contribution in [0.15, 0.2) is 48.8 Å². The molecule has 1 aromatic heterocycles. The van der Waals surface area contributed by atoms with Crippen LogP contribution in [0.4, 0.5) is 11.4 Å². The number of hydrogen-bond acceptors (Lipinski definition) is 4. The minimum Gasteiger partial charge on any atom is -0.321 e. The molecule has 122 valence electrons. The molecule has 7 nitrogen and oxygen atoms in total. The summed E-state index contributed by atoms with van der Waals surface area (Å²) >= 11 is 0. The quantitative estimate of drug-likeness (QED) is 0.900. The van der Waals surface area contributed by atoms with Gasteiger partial charge in [-0.2, -0.15) is 12.7 Å². The van der Waals surface area contributed by atoms with Gasteiger partial charge in [0.1, 0.15) is 0 Å². The lowest BCUT2D eigenvalue weighted by Gasteiger charge is -2.23. The zero-order valence-corrected chi connectivity index (χ0v) is 13.9. The summed E-state index contributed by atoms with van der Waals surface area (Å²) in [7, 11) is 0.824. The lowest BCUT2D eigenvalue weighted by atomic mass is 10.2. The molecule has 0 bridgehead atoms. The van der Waals surface area contributed by atoms with Gasteiger partial charge in [-0.15, -0.1) is 0 Å². The van der Waals surface area contributed by atoms with Crippen molar-refractivity contribution in [1.82, 2.24) is 9.29 Å². The van der Waals surface area contributed by atoms with Crippen molar-refractivity contribution in [3.8, 4) is 0 Å². The highest BCUT2D eigenvalue weighted by Gasteiger charge is 2.21. The number of hydrogen-bond donors (Lipinski definition) is 1. The summed E-state index contributed by atoms with van der Waals surface area (Å²) in [5, 5.41) is 2.71. The Hall–Kier alpha value is -2.45. The molecule has 0 atom stereocenters. The molecule has 1 heterocycles. The zero-order valence-electron chi connectivity index (χ0n) is 13.1. The lowest BCUT2D eigenvalue weighted by Crippen LogP contribution is -2.37. The molecule has 0 aliphatic heterocycles. The number of pyridine rings is 1. The number of aromatic nitrogens is 1. The molecule has 0 spiro atoms. The maximum absolute atomic E-state index is 12.1. The van der Waals surface area contributed by atoms with E-state index in [-0.39, 0.29) is 5.91 Å². The van der Waals surface area contributed by atoms with Crippen LogP contribution in [-0.4, -0.2) is 44.8 Å². The van der Waals surface area contributed by atoms with Crippen molar-refractivity contribution in [2.45, 2.75) is 0 Å². The second-order valence-corrected chi connectivity index (χ2v) is 7.17. The molecule has 2 aromatic rings. The minimum atomic E-state index is -3.55. The van der Waals surface area contributed by atoms with Crippen LogP contribution in [0.2, 0.25) is 0 Å². The Labute approximate surface area is 135 Å². The van der Waals surface area contributed by atoms with E-state index in [2.05, 4.69) is 10.3 Å². The van der Waals surface area contributed by atoms with Crippen LogP contribution >= 0.6 is 0 Å². The standard InChI is InChI=1S/C15H18N4O3S/c1-18(2)23(21,22)19(3)14-8-6-12(7-9-14)15(20)17-13-5-4-10-16-11-13/h4-11H,1-3H3,(H,17,20). The first kappa shape index (κ1) is 16.9. The van der Waals surface area contributed by atoms with Gasteiger partial charge >= 0.3 is 10.2 Å². The van der Waals surface area contributed by atoms with Crippen molar-refractivity contribution in [2.24, 2.45) is 0 Å². The number of carbonyl (C=O) groups excluding carboxylic acids is 1. The molecule has 0 radical (unpaired) electrons. The van der Waals surface area contributed by atoms with Gasteiger partial charge in [0.05, 0.1) is 17.6 Å². The molecule has 1 amide bonds. The van der Waals surface area contributed by atoms with Crippen LogP contribution in [0.25, 0.3) is 0 Å². The maximum Gasteiger partial charge on any atom is 0.303 e. The van der Waals surface area contributed by atoms with Crippen molar-refractivity contribution in [1.29, 1.82) is 0 Å². The van der Waals surface area contributed by atoms with Crippen molar-refractivity contribution in [3.05, 3.63) is 54.4 Å². The van der Waals surface area contributed by atoms with Crippen molar-refractivity contribution in [3.63, 3.8) is 0 Å². The average Bonchev–Trinajstić information content (AvgIpc) is 2.55. The minimum absolute atomic E-state index is 0.289. The summed E-state index contributed by atoms with van der Waals surface area (Å²) in [6.07, 6.45) is 3.16. The third-order valence-electron chi connectivity index (χ3n) is 3.22. The van der Waals surface area contributed by atoms with Gasteiger partial charge < -0.3 is 5.32 Å². The first-order valence-electron chi connectivity index (χ1n) is 6.80. The number of nitrogens with zero attached hydrogens (tertiary/aromatic N) is 3. The van der Waals surface area contributed by atoms with Crippen LogP contribution in [-0.2, 0) is 10.2 Å². The molecule has 0 fully saturated rings. The second kappa shape index (κ2) is 6.76. The van der Waals surface area contributed by atoms with Gasteiger partial charge in [-0.1, -0.05) is 0 Å². The van der Waals surface area contributed by atoms with Crippen LogP contribution < -0.4 is 9.62 Å². The Morgan fingerprint density at radius 3 is 2.26 bits per heavy atom. The zero-order chi connectivity index (χ0) is 17.0. The van der Waals surface area contributed by atoms with E-state index in [1.807, 2.05) is 0 Å². The smallest absolute Gasteiger partial charge is 0.303 e. The third kappa shape index (κ3) is 3.85. The first-order chi connectivity index (χ1) is 10.8. The van der Waals surface area contributed by atoms with Gasteiger partial charge in [-0.05, 0) is 36.4 Å². The maximum atomic E-state index is 12.1. The predicted molar refractivity (Wildman–Crippen MR) is 89.6 cm³/mol. The van der Waals surface area contributed by atoms with Crippen LogP contribution in [0, 0.1) is 0 Å². The molecule has 8 heteroatoms. The van der Waals surface area contributed by atoms with Crippen molar-refractivity contribution < 1.29 is 13.2 Å². The van der Waals surface area contributed by atoms with E-state index in [4.69, 9.17) is 0 Å². The van der Waals surface area contributed by atoms with E-state index in [0.717, 1.165) is 8.61 Å². The Balaban J connectivity index is 2.15. The lowest BCUT2D eigenvalue weighted by molar-refractivity contribution is 0.102. The molecule has 0 unspecified atom stereocenters. The van der Waals surface area contributed by atoms with Gasteiger partial charge in [0.2, 0.25) is 0 Å². The largest absolute Gasteiger partial charge is 0.321 e. The number of carbonyl (C=O) groups is 1. The summed E-state index contributed by atoms with van der Waals surface area (Å²) in [6, 6.07) is 9.76. The predicted octanol–water partition coefficient (Wildman–Crippen LogP) is 1.58. The fourth-order valence-electron chi connectivity index (χ4n) is 1.84. The summed E-state index contributed by atoms with van der Waals surface area (Å²) in [4.78, 5) is 16.0. The number of amides is 1. The van der Waals surface area contributed by atoms with Gasteiger partial charge in [-0.3, -0.25) is 14.1 Å². The third-order valence-corrected chi connectivity index (χ3v) is 5.05. The van der Waals surface area contributed by atoms with E-state index >= 15 is 0 Å². The summed E-state index contributed by atoms with van der Waals surface area (Å²) in [5.74, 6) is -0.289.